The standard InChI is InChI=1S/C18H19ClO4/c1-10-4-6-13(11(2)8-10)14(18(21)22)9-12-5-7-15(23-3)17(20)16(12)19/h4-8,14,20H,9H2,1-3H3,(H,21,22). The molecule has 2 aromatic rings. The lowest BCUT2D eigenvalue weighted by Crippen LogP contribution is -2.16. The third-order valence-electron chi connectivity index (χ3n) is 3.90. The van der Waals surface area contributed by atoms with Crippen LogP contribution in [0.3, 0.4) is 0 Å². The lowest BCUT2D eigenvalue weighted by molar-refractivity contribution is -0.138. The second kappa shape index (κ2) is 6.92. The number of methoxy groups -OCH3 is 1. The zero-order valence-electron chi connectivity index (χ0n) is 13.3. The van der Waals surface area contributed by atoms with Crippen molar-refractivity contribution < 1.29 is 19.7 Å². The first-order valence-corrected chi connectivity index (χ1v) is 7.57. The maximum absolute atomic E-state index is 11.7. The topological polar surface area (TPSA) is 66.8 Å². The highest BCUT2D eigenvalue weighted by atomic mass is 35.5. The molecule has 23 heavy (non-hydrogen) atoms. The number of ether oxygens (including phenoxy) is 1. The number of hydrogen-bond acceptors (Lipinski definition) is 3. The Kier molecular flexibility index (Phi) is 5.16. The summed E-state index contributed by atoms with van der Waals surface area (Å²) in [6.45, 7) is 3.86. The Morgan fingerprint density at radius 1 is 1.26 bits per heavy atom. The lowest BCUT2D eigenvalue weighted by atomic mass is 9.88. The molecule has 0 aliphatic carbocycles. The van der Waals surface area contributed by atoms with Gasteiger partial charge in [0.2, 0.25) is 0 Å². The summed E-state index contributed by atoms with van der Waals surface area (Å²) in [6.07, 6.45) is 0.190. The molecule has 0 radical (unpaired) electrons. The van der Waals surface area contributed by atoms with Gasteiger partial charge >= 0.3 is 5.97 Å². The van der Waals surface area contributed by atoms with Crippen LogP contribution in [-0.2, 0) is 11.2 Å². The van der Waals surface area contributed by atoms with Gasteiger partial charge in [-0.25, -0.2) is 0 Å². The average Bonchev–Trinajstić information content (AvgIpc) is 2.49. The summed E-state index contributed by atoms with van der Waals surface area (Å²) in [5.41, 5.74) is 3.31. The summed E-state index contributed by atoms with van der Waals surface area (Å²) in [5.74, 6) is -1.57. The van der Waals surface area contributed by atoms with Crippen LogP contribution in [0.4, 0.5) is 0 Å². The fraction of sp³-hybridized carbons (Fsp3) is 0.278. The molecular weight excluding hydrogens is 316 g/mol. The van der Waals surface area contributed by atoms with E-state index in [0.717, 1.165) is 16.7 Å². The SMILES string of the molecule is COc1ccc(CC(C(=O)O)c2ccc(C)cc2C)c(Cl)c1O. The number of carboxylic acids is 1. The molecule has 2 N–H and O–H groups in total. The molecule has 2 aromatic carbocycles. The summed E-state index contributed by atoms with van der Waals surface area (Å²) in [6, 6.07) is 8.95. The van der Waals surface area contributed by atoms with Crippen LogP contribution in [0, 0.1) is 13.8 Å². The van der Waals surface area contributed by atoms with Crippen molar-refractivity contribution in [3.05, 3.63) is 57.6 Å². The van der Waals surface area contributed by atoms with Gasteiger partial charge in [0.15, 0.2) is 11.5 Å². The molecule has 4 nitrogen and oxygen atoms in total. The Hall–Kier alpha value is -2.20. The first-order valence-electron chi connectivity index (χ1n) is 7.19. The zero-order valence-corrected chi connectivity index (χ0v) is 14.0. The molecule has 5 heteroatoms. The monoisotopic (exact) mass is 334 g/mol. The molecule has 1 atom stereocenters. The largest absolute Gasteiger partial charge is 0.503 e. The van der Waals surface area contributed by atoms with Crippen LogP contribution in [0.15, 0.2) is 30.3 Å². The van der Waals surface area contributed by atoms with Gasteiger partial charge in [-0.2, -0.15) is 0 Å². The lowest BCUT2D eigenvalue weighted by Gasteiger charge is -2.17. The van der Waals surface area contributed by atoms with Gasteiger partial charge in [-0.3, -0.25) is 4.79 Å². The molecule has 1 unspecified atom stereocenters. The Bertz CT molecular complexity index is 740. The van der Waals surface area contributed by atoms with E-state index < -0.39 is 11.9 Å². The number of phenols is 1. The predicted molar refractivity (Wildman–Crippen MR) is 89.7 cm³/mol. The summed E-state index contributed by atoms with van der Waals surface area (Å²) in [4.78, 5) is 11.7. The van der Waals surface area contributed by atoms with Gasteiger partial charge in [-0.05, 0) is 43.0 Å². The number of hydrogen-bond donors (Lipinski definition) is 2. The van der Waals surface area contributed by atoms with Crippen LogP contribution >= 0.6 is 11.6 Å². The number of carbonyl (C=O) groups is 1. The number of carboxylic acid groups (broad SMARTS) is 1. The third kappa shape index (κ3) is 3.59. The van der Waals surface area contributed by atoms with Crippen LogP contribution in [0.25, 0.3) is 0 Å². The average molecular weight is 335 g/mol. The molecule has 0 amide bonds. The van der Waals surface area contributed by atoms with Crippen molar-refractivity contribution in [3.63, 3.8) is 0 Å². The smallest absolute Gasteiger partial charge is 0.311 e. The van der Waals surface area contributed by atoms with Gasteiger partial charge in [0, 0.05) is 0 Å². The fourth-order valence-electron chi connectivity index (χ4n) is 2.68. The number of aryl methyl sites for hydroxylation is 2. The second-order valence-corrected chi connectivity index (χ2v) is 5.92. The van der Waals surface area contributed by atoms with E-state index in [9.17, 15) is 15.0 Å². The van der Waals surface area contributed by atoms with Crippen LogP contribution in [0.2, 0.25) is 5.02 Å². The predicted octanol–water partition coefficient (Wildman–Crippen LogP) is 4.08. The van der Waals surface area contributed by atoms with E-state index in [4.69, 9.17) is 16.3 Å². The van der Waals surface area contributed by atoms with Gasteiger partial charge < -0.3 is 14.9 Å². The van der Waals surface area contributed by atoms with E-state index in [0.29, 0.717) is 5.56 Å². The number of aromatic hydroxyl groups is 1. The second-order valence-electron chi connectivity index (χ2n) is 5.54. The minimum Gasteiger partial charge on any atom is -0.503 e. The van der Waals surface area contributed by atoms with Crippen molar-refractivity contribution in [3.8, 4) is 11.5 Å². The van der Waals surface area contributed by atoms with E-state index in [1.807, 2.05) is 32.0 Å². The van der Waals surface area contributed by atoms with Gasteiger partial charge in [-0.1, -0.05) is 41.4 Å². The van der Waals surface area contributed by atoms with Gasteiger partial charge in [0.25, 0.3) is 0 Å². The number of benzene rings is 2. The Labute approximate surface area is 140 Å². The Morgan fingerprint density at radius 2 is 1.96 bits per heavy atom. The van der Waals surface area contributed by atoms with Crippen LogP contribution < -0.4 is 4.74 Å². The van der Waals surface area contributed by atoms with Gasteiger partial charge in [0.05, 0.1) is 18.1 Å². The summed E-state index contributed by atoms with van der Waals surface area (Å²) < 4.78 is 5.00. The van der Waals surface area contributed by atoms with Crippen molar-refractivity contribution in [1.82, 2.24) is 0 Å². The number of halogens is 1. The summed E-state index contributed by atoms with van der Waals surface area (Å²) in [7, 11) is 1.43. The normalized spacial score (nSPS) is 12.0. The third-order valence-corrected chi connectivity index (χ3v) is 4.32. The summed E-state index contributed by atoms with van der Waals surface area (Å²) >= 11 is 6.16. The van der Waals surface area contributed by atoms with E-state index in [2.05, 4.69) is 0 Å². The Balaban J connectivity index is 2.41. The highest BCUT2D eigenvalue weighted by molar-refractivity contribution is 6.33. The van der Waals surface area contributed by atoms with E-state index in [1.165, 1.54) is 7.11 Å². The molecule has 0 aromatic heterocycles. The minimum absolute atomic E-state index is 0.125. The number of phenolic OH excluding ortho intramolecular Hbond substituents is 1. The summed E-state index contributed by atoms with van der Waals surface area (Å²) in [5, 5.41) is 19.7. The first-order chi connectivity index (χ1) is 10.8. The fourth-order valence-corrected chi connectivity index (χ4v) is 2.91. The molecule has 0 fully saturated rings. The zero-order chi connectivity index (χ0) is 17.1. The highest BCUT2D eigenvalue weighted by Gasteiger charge is 2.24. The van der Waals surface area contributed by atoms with Crippen molar-refractivity contribution in [2.24, 2.45) is 0 Å². The highest BCUT2D eigenvalue weighted by Crippen LogP contribution is 2.38. The number of aliphatic carboxylic acids is 1. The molecule has 0 bridgehead atoms. The Morgan fingerprint density at radius 3 is 2.52 bits per heavy atom. The quantitative estimate of drug-likeness (QED) is 0.864. The van der Waals surface area contributed by atoms with E-state index in [1.54, 1.807) is 12.1 Å². The maximum atomic E-state index is 11.7. The first kappa shape index (κ1) is 17.2. The molecule has 0 saturated heterocycles. The van der Waals surface area contributed by atoms with Gasteiger partial charge in [-0.15, -0.1) is 0 Å². The molecule has 0 heterocycles. The molecule has 0 spiro atoms. The molecule has 0 saturated carbocycles. The molecule has 122 valence electrons. The van der Waals surface area contributed by atoms with Gasteiger partial charge in [0.1, 0.15) is 0 Å². The van der Waals surface area contributed by atoms with Crippen molar-refractivity contribution >= 4 is 17.6 Å². The molecular formula is C18H19ClO4. The van der Waals surface area contributed by atoms with E-state index >= 15 is 0 Å². The van der Waals surface area contributed by atoms with Crippen LogP contribution in [-0.4, -0.2) is 23.3 Å². The van der Waals surface area contributed by atoms with E-state index in [-0.39, 0.29) is 22.9 Å². The minimum atomic E-state index is -0.927. The molecule has 2 rings (SSSR count). The molecule has 0 aliphatic rings. The van der Waals surface area contributed by atoms with Crippen LogP contribution in [0.5, 0.6) is 11.5 Å². The van der Waals surface area contributed by atoms with Crippen molar-refractivity contribution in [2.45, 2.75) is 26.2 Å². The maximum Gasteiger partial charge on any atom is 0.311 e. The molecule has 0 aliphatic heterocycles. The van der Waals surface area contributed by atoms with Crippen molar-refractivity contribution in [1.29, 1.82) is 0 Å². The number of rotatable bonds is 5. The van der Waals surface area contributed by atoms with Crippen LogP contribution in [0.1, 0.15) is 28.2 Å². The van der Waals surface area contributed by atoms with Crippen molar-refractivity contribution in [2.75, 3.05) is 7.11 Å².